The lowest BCUT2D eigenvalue weighted by molar-refractivity contribution is -0.154. The molecule has 0 spiro atoms. The summed E-state index contributed by atoms with van der Waals surface area (Å²) in [6.45, 7) is 0.579. The van der Waals surface area contributed by atoms with Crippen LogP contribution in [0.5, 0.6) is 5.88 Å². The van der Waals surface area contributed by atoms with Crippen LogP contribution in [-0.2, 0) is 0 Å². The smallest absolute Gasteiger partial charge is 0.422 e. The second-order valence-corrected chi connectivity index (χ2v) is 5.47. The highest BCUT2D eigenvalue weighted by Crippen LogP contribution is 2.41. The molecule has 110 valence electrons. The maximum Gasteiger partial charge on any atom is 0.422 e. The predicted molar refractivity (Wildman–Crippen MR) is 66.6 cm³/mol. The van der Waals surface area contributed by atoms with Crippen molar-refractivity contribution in [1.29, 1.82) is 0 Å². The Bertz CT molecular complexity index is 459. The predicted octanol–water partition coefficient (Wildman–Crippen LogP) is 2.65. The van der Waals surface area contributed by atoms with Gasteiger partial charge in [0.05, 0.1) is 0 Å². The fourth-order valence-corrected chi connectivity index (χ4v) is 2.66. The van der Waals surface area contributed by atoms with Gasteiger partial charge in [0, 0.05) is 19.2 Å². The summed E-state index contributed by atoms with van der Waals surface area (Å²) in [5.41, 5.74) is 0. The van der Waals surface area contributed by atoms with Crippen LogP contribution < -0.4 is 9.64 Å². The quantitative estimate of drug-likeness (QED) is 0.853. The van der Waals surface area contributed by atoms with Crippen LogP contribution in [0.1, 0.15) is 19.3 Å². The fourth-order valence-electron chi connectivity index (χ4n) is 2.66. The Balaban J connectivity index is 1.56. The molecular weight excluding hydrogens is 271 g/mol. The van der Waals surface area contributed by atoms with Crippen molar-refractivity contribution in [2.75, 3.05) is 24.6 Å². The number of ether oxygens (including phenoxy) is 1. The molecule has 1 aliphatic heterocycles. The fraction of sp³-hybridized carbons (Fsp3) is 0.692. The number of hydrogen-bond acceptors (Lipinski definition) is 4. The van der Waals surface area contributed by atoms with E-state index >= 15 is 0 Å². The van der Waals surface area contributed by atoms with E-state index < -0.39 is 12.8 Å². The number of alkyl halides is 3. The van der Waals surface area contributed by atoms with Crippen molar-refractivity contribution in [3.63, 3.8) is 0 Å². The molecule has 1 aromatic heterocycles. The van der Waals surface area contributed by atoms with E-state index in [1.165, 1.54) is 25.3 Å². The molecule has 20 heavy (non-hydrogen) atoms. The van der Waals surface area contributed by atoms with E-state index in [-0.39, 0.29) is 5.88 Å². The molecule has 1 unspecified atom stereocenters. The third kappa shape index (κ3) is 3.32. The lowest BCUT2D eigenvalue weighted by Crippen LogP contribution is -2.22. The van der Waals surface area contributed by atoms with Gasteiger partial charge in [-0.05, 0) is 37.2 Å². The monoisotopic (exact) mass is 287 g/mol. The van der Waals surface area contributed by atoms with Crippen molar-refractivity contribution in [3.05, 3.63) is 12.1 Å². The van der Waals surface area contributed by atoms with Gasteiger partial charge in [0.2, 0.25) is 5.88 Å². The van der Waals surface area contributed by atoms with Crippen molar-refractivity contribution >= 4 is 5.82 Å². The van der Waals surface area contributed by atoms with Gasteiger partial charge in [-0.15, -0.1) is 10.2 Å². The molecule has 0 bridgehead atoms. The van der Waals surface area contributed by atoms with E-state index in [4.69, 9.17) is 0 Å². The van der Waals surface area contributed by atoms with Crippen molar-refractivity contribution < 1.29 is 17.9 Å². The first-order valence-corrected chi connectivity index (χ1v) is 6.79. The van der Waals surface area contributed by atoms with Gasteiger partial charge in [0.25, 0.3) is 0 Å². The van der Waals surface area contributed by atoms with Gasteiger partial charge >= 0.3 is 6.18 Å². The van der Waals surface area contributed by atoms with Crippen LogP contribution in [0.15, 0.2) is 12.1 Å². The van der Waals surface area contributed by atoms with Crippen LogP contribution in [0.25, 0.3) is 0 Å². The maximum atomic E-state index is 12.0. The molecule has 1 saturated heterocycles. The molecule has 1 aliphatic carbocycles. The highest BCUT2D eigenvalue weighted by molar-refractivity contribution is 5.39. The van der Waals surface area contributed by atoms with Crippen molar-refractivity contribution in [2.45, 2.75) is 25.4 Å². The number of rotatable bonds is 4. The molecule has 2 heterocycles. The summed E-state index contributed by atoms with van der Waals surface area (Å²) >= 11 is 0. The Morgan fingerprint density at radius 1 is 1.15 bits per heavy atom. The van der Waals surface area contributed by atoms with Crippen LogP contribution in [0.3, 0.4) is 0 Å². The van der Waals surface area contributed by atoms with Gasteiger partial charge < -0.3 is 9.64 Å². The molecule has 4 nitrogen and oxygen atoms in total. The van der Waals surface area contributed by atoms with Crippen molar-refractivity contribution in [2.24, 2.45) is 11.8 Å². The average molecular weight is 287 g/mol. The zero-order chi connectivity index (χ0) is 14.2. The number of hydrogen-bond donors (Lipinski definition) is 0. The second-order valence-electron chi connectivity index (χ2n) is 5.47. The summed E-state index contributed by atoms with van der Waals surface area (Å²) in [5, 5.41) is 7.66. The van der Waals surface area contributed by atoms with Gasteiger partial charge in [-0.25, -0.2) is 0 Å². The van der Waals surface area contributed by atoms with Gasteiger partial charge in [0.1, 0.15) is 0 Å². The zero-order valence-corrected chi connectivity index (χ0v) is 10.9. The highest BCUT2D eigenvalue weighted by Gasteiger charge is 2.36. The normalized spacial score (nSPS) is 23.1. The number of halogens is 3. The van der Waals surface area contributed by atoms with Crippen molar-refractivity contribution in [1.82, 2.24) is 10.2 Å². The topological polar surface area (TPSA) is 38.2 Å². The first kappa shape index (κ1) is 13.5. The number of nitrogens with zero attached hydrogens (tertiary/aromatic N) is 3. The standard InChI is InChI=1S/C13H16F3N3O/c14-13(15,16)8-20-12-4-3-11(17-18-12)19-6-5-10(7-19)9-1-2-9/h3-4,9-10H,1-2,5-8H2. The number of aromatic nitrogens is 2. The van der Waals surface area contributed by atoms with Crippen LogP contribution in [0.2, 0.25) is 0 Å². The zero-order valence-electron chi connectivity index (χ0n) is 10.9. The lowest BCUT2D eigenvalue weighted by Gasteiger charge is -2.17. The molecule has 0 aromatic carbocycles. The van der Waals surface area contributed by atoms with E-state index in [1.807, 2.05) is 0 Å². The molecule has 1 saturated carbocycles. The second kappa shape index (κ2) is 5.10. The number of anilines is 1. The minimum atomic E-state index is -4.35. The molecular formula is C13H16F3N3O. The Morgan fingerprint density at radius 3 is 2.55 bits per heavy atom. The van der Waals surface area contributed by atoms with Gasteiger partial charge in [0.15, 0.2) is 12.4 Å². The minimum absolute atomic E-state index is 0.0935. The van der Waals surface area contributed by atoms with Gasteiger partial charge in [-0.1, -0.05) is 0 Å². The molecule has 7 heteroatoms. The maximum absolute atomic E-state index is 12.0. The first-order chi connectivity index (χ1) is 9.51. The molecule has 1 atom stereocenters. The lowest BCUT2D eigenvalue weighted by atomic mass is 10.0. The Morgan fingerprint density at radius 2 is 1.95 bits per heavy atom. The molecule has 2 fully saturated rings. The largest absolute Gasteiger partial charge is 0.467 e. The molecule has 0 N–H and O–H groups in total. The van der Waals surface area contributed by atoms with E-state index in [9.17, 15) is 13.2 Å². The molecule has 1 aromatic rings. The van der Waals surface area contributed by atoms with Crippen LogP contribution in [0, 0.1) is 11.8 Å². The highest BCUT2D eigenvalue weighted by atomic mass is 19.4. The van der Waals surface area contributed by atoms with E-state index in [1.54, 1.807) is 6.07 Å². The summed E-state index contributed by atoms with van der Waals surface area (Å²) < 4.78 is 40.6. The van der Waals surface area contributed by atoms with Crippen LogP contribution in [0.4, 0.5) is 19.0 Å². The summed E-state index contributed by atoms with van der Waals surface area (Å²) in [7, 11) is 0. The Hall–Kier alpha value is -1.53. The Kier molecular flexibility index (Phi) is 3.43. The molecule has 0 amide bonds. The van der Waals surface area contributed by atoms with Crippen LogP contribution in [-0.4, -0.2) is 36.1 Å². The van der Waals surface area contributed by atoms with E-state index in [2.05, 4.69) is 19.8 Å². The summed E-state index contributed by atoms with van der Waals surface area (Å²) in [6, 6.07) is 3.12. The SMILES string of the molecule is FC(F)(F)COc1ccc(N2CCC(C3CC3)C2)nn1. The van der Waals surface area contributed by atoms with Gasteiger partial charge in [-0.3, -0.25) is 0 Å². The minimum Gasteiger partial charge on any atom is -0.467 e. The van der Waals surface area contributed by atoms with E-state index in [0.717, 1.165) is 24.9 Å². The molecule has 3 rings (SSSR count). The first-order valence-electron chi connectivity index (χ1n) is 6.79. The third-order valence-corrected chi connectivity index (χ3v) is 3.85. The molecule has 0 radical (unpaired) electrons. The Labute approximate surface area is 114 Å². The van der Waals surface area contributed by atoms with Crippen molar-refractivity contribution in [3.8, 4) is 5.88 Å². The van der Waals surface area contributed by atoms with Crippen LogP contribution >= 0.6 is 0 Å². The summed E-state index contributed by atoms with van der Waals surface area (Å²) in [6.07, 6.45) is -0.533. The van der Waals surface area contributed by atoms with E-state index in [0.29, 0.717) is 5.82 Å². The third-order valence-electron chi connectivity index (χ3n) is 3.85. The molecule has 2 aliphatic rings. The summed E-state index contributed by atoms with van der Waals surface area (Å²) in [5.74, 6) is 2.22. The average Bonchev–Trinajstić information content (AvgIpc) is 3.14. The van der Waals surface area contributed by atoms with Gasteiger partial charge in [-0.2, -0.15) is 13.2 Å². The summed E-state index contributed by atoms with van der Waals surface area (Å²) in [4.78, 5) is 2.14.